The van der Waals surface area contributed by atoms with Gasteiger partial charge in [-0.2, -0.15) is 0 Å². The van der Waals surface area contributed by atoms with E-state index in [1.54, 1.807) is 22.7 Å². The fourth-order valence-corrected chi connectivity index (χ4v) is 9.67. The predicted molar refractivity (Wildman–Crippen MR) is 251 cm³/mol. The van der Waals surface area contributed by atoms with Crippen LogP contribution >= 0.6 is 34.0 Å². The van der Waals surface area contributed by atoms with E-state index < -0.39 is 0 Å². The number of thiophene rings is 3. The van der Waals surface area contributed by atoms with Gasteiger partial charge in [-0.05, 0) is 158 Å². The van der Waals surface area contributed by atoms with E-state index in [9.17, 15) is 0 Å². The van der Waals surface area contributed by atoms with E-state index in [2.05, 4.69) is 116 Å². The first kappa shape index (κ1) is 41.6. The van der Waals surface area contributed by atoms with Crippen molar-refractivity contribution in [2.24, 2.45) is 0 Å². The normalized spacial score (nSPS) is 10.8. The van der Waals surface area contributed by atoms with Crippen LogP contribution in [-0.4, -0.2) is 39.9 Å². The van der Waals surface area contributed by atoms with Crippen LogP contribution < -0.4 is 0 Å². The molecule has 1 N–H and O–H groups in total. The molecule has 297 valence electrons. The number of pyridine rings is 6. The molecule has 0 amide bonds. The third kappa shape index (κ3) is 9.28. The van der Waals surface area contributed by atoms with Crippen molar-refractivity contribution >= 4 is 66.8 Å². The molecule has 12 heteroatoms. The average Bonchev–Trinajstić information content (AvgIpc) is 4.12. The summed E-state index contributed by atoms with van der Waals surface area (Å²) in [5.41, 5.74) is 12.3. The number of hydrogen-bond acceptors (Lipinski definition) is 10. The van der Waals surface area contributed by atoms with Crippen LogP contribution in [0.3, 0.4) is 0 Å². The van der Waals surface area contributed by atoms with E-state index >= 15 is 0 Å². The van der Waals surface area contributed by atoms with Gasteiger partial charge in [0.2, 0.25) is 0 Å². The number of nitrogens with zero attached hydrogens (tertiary/aromatic N) is 7. The van der Waals surface area contributed by atoms with Crippen molar-refractivity contribution in [1.82, 2.24) is 39.9 Å². The molecule has 1 radical (unpaired) electrons. The standard InChI is InChI=1S/C25H14N4S3.2C12H12N2.Ru/c1-4-14-21(26-11-1)22-15(5-2-12-27-22)24-23(14)28-25(29-24)20-10-9-19(32-20)18-8-7-17(31-18)16-6-3-13-30-16;2*1-9-3-5-13-11(7-9)12-8-10(2)4-6-14-12;/h1-13H,(H,28,29);2*3-8H,1-2H3;/q;;;+3. The molecular formula is C49H38N8RuS3+3. The Kier molecular flexibility index (Phi) is 12.7. The van der Waals surface area contributed by atoms with Crippen LogP contribution in [0.1, 0.15) is 22.3 Å². The Morgan fingerprint density at radius 1 is 0.410 bits per heavy atom. The second kappa shape index (κ2) is 18.6. The number of rotatable bonds is 5. The van der Waals surface area contributed by atoms with E-state index in [0.29, 0.717) is 0 Å². The summed E-state index contributed by atoms with van der Waals surface area (Å²) >= 11 is 5.38. The number of H-pyrrole nitrogens is 1. The maximum Gasteiger partial charge on any atom is 3.00 e. The van der Waals surface area contributed by atoms with E-state index in [-0.39, 0.29) is 19.5 Å². The van der Waals surface area contributed by atoms with Crippen molar-refractivity contribution in [3.63, 3.8) is 0 Å². The third-order valence-electron chi connectivity index (χ3n) is 9.71. The minimum absolute atomic E-state index is 0. The van der Waals surface area contributed by atoms with Gasteiger partial charge < -0.3 is 4.98 Å². The molecule has 0 atom stereocenters. The molecule has 0 aliphatic rings. The maximum atomic E-state index is 5.01. The number of aryl methyl sites for hydroxylation is 4. The molecule has 11 aromatic rings. The molecule has 61 heavy (non-hydrogen) atoms. The van der Waals surface area contributed by atoms with Crippen molar-refractivity contribution < 1.29 is 19.5 Å². The van der Waals surface area contributed by atoms with Crippen LogP contribution in [0.2, 0.25) is 0 Å². The number of imidazole rings is 1. The summed E-state index contributed by atoms with van der Waals surface area (Å²) in [6.45, 7) is 8.23. The Morgan fingerprint density at radius 2 is 0.852 bits per heavy atom. The quantitative estimate of drug-likeness (QED) is 0.135. The number of aromatic amines is 1. The minimum Gasteiger partial charge on any atom is -0.337 e. The fraction of sp³-hybridized carbons (Fsp3) is 0.0816. The van der Waals surface area contributed by atoms with Crippen LogP contribution in [0.15, 0.2) is 152 Å². The average molecular weight is 936 g/mol. The second-order valence-electron chi connectivity index (χ2n) is 14.3. The van der Waals surface area contributed by atoms with Crippen molar-refractivity contribution in [3.05, 3.63) is 174 Å². The Hall–Kier alpha value is -6.17. The van der Waals surface area contributed by atoms with Crippen LogP contribution in [0.25, 0.3) is 85.8 Å². The van der Waals surface area contributed by atoms with Crippen molar-refractivity contribution in [2.75, 3.05) is 0 Å². The van der Waals surface area contributed by atoms with Crippen molar-refractivity contribution in [3.8, 4) is 53.0 Å². The SMILES string of the molecule is Cc1ccnc(-c2cc(C)ccn2)c1.Cc1ccnc(-c2cc(C)ccn2)c1.[Ru+3].c1csc(-c2ccc(-c3ccc(-c4nc5c6cccnc6c6ncccc6c5[nH]4)s3)s2)c1. The zero-order valence-electron chi connectivity index (χ0n) is 33.6. The van der Waals surface area contributed by atoms with Gasteiger partial charge in [0.25, 0.3) is 0 Å². The monoisotopic (exact) mass is 936 g/mol. The van der Waals surface area contributed by atoms with E-state index in [1.807, 2.05) is 109 Å². The number of benzene rings is 1. The van der Waals surface area contributed by atoms with Gasteiger partial charge in [-0.1, -0.05) is 6.07 Å². The smallest absolute Gasteiger partial charge is 0.337 e. The number of nitrogens with one attached hydrogen (secondary N) is 1. The van der Waals surface area contributed by atoms with E-state index in [4.69, 9.17) is 4.98 Å². The molecule has 0 fully saturated rings. The number of aromatic nitrogens is 8. The summed E-state index contributed by atoms with van der Waals surface area (Å²) in [5, 5.41) is 4.19. The first-order valence-corrected chi connectivity index (χ1v) is 21.8. The van der Waals surface area contributed by atoms with Gasteiger partial charge in [-0.25, -0.2) is 4.98 Å². The summed E-state index contributed by atoms with van der Waals surface area (Å²) < 4.78 is 0. The van der Waals surface area contributed by atoms with Gasteiger partial charge in [-0.15, -0.1) is 34.0 Å². The van der Waals surface area contributed by atoms with E-state index in [1.165, 1.54) is 41.8 Å². The topological polar surface area (TPSA) is 106 Å². The van der Waals surface area contributed by atoms with Gasteiger partial charge in [-0.3, -0.25) is 29.9 Å². The molecule has 10 aromatic heterocycles. The van der Waals surface area contributed by atoms with E-state index in [0.717, 1.165) is 66.3 Å². The second-order valence-corrected chi connectivity index (χ2v) is 17.4. The van der Waals surface area contributed by atoms with Crippen LogP contribution in [0, 0.1) is 27.7 Å². The molecule has 0 saturated carbocycles. The molecule has 10 heterocycles. The first-order chi connectivity index (χ1) is 29.4. The Labute approximate surface area is 378 Å². The molecular weight excluding hydrogens is 898 g/mol. The summed E-state index contributed by atoms with van der Waals surface area (Å²) in [5.74, 6) is 0.882. The summed E-state index contributed by atoms with van der Waals surface area (Å²) in [4.78, 5) is 41.2. The minimum atomic E-state index is 0. The van der Waals surface area contributed by atoms with Gasteiger partial charge in [0.1, 0.15) is 5.82 Å². The van der Waals surface area contributed by atoms with Crippen molar-refractivity contribution in [2.45, 2.75) is 27.7 Å². The summed E-state index contributed by atoms with van der Waals surface area (Å²) in [6, 6.07) is 37.2. The van der Waals surface area contributed by atoms with Gasteiger partial charge in [0.05, 0.1) is 49.7 Å². The Morgan fingerprint density at radius 3 is 1.33 bits per heavy atom. The maximum absolute atomic E-state index is 5.01. The molecule has 0 bridgehead atoms. The molecule has 0 unspecified atom stereocenters. The van der Waals surface area contributed by atoms with Crippen LogP contribution in [0.4, 0.5) is 0 Å². The van der Waals surface area contributed by atoms with Gasteiger partial charge in [0.15, 0.2) is 0 Å². The molecule has 11 rings (SSSR count). The predicted octanol–water partition coefficient (Wildman–Crippen LogP) is 13.4. The largest absolute Gasteiger partial charge is 3.00 e. The summed E-state index contributed by atoms with van der Waals surface area (Å²) in [7, 11) is 0. The van der Waals surface area contributed by atoms with Gasteiger partial charge in [0, 0.05) is 67.5 Å². The first-order valence-electron chi connectivity index (χ1n) is 19.3. The zero-order chi connectivity index (χ0) is 41.0. The van der Waals surface area contributed by atoms with Crippen LogP contribution in [0.5, 0.6) is 0 Å². The molecule has 0 aliphatic carbocycles. The zero-order valence-corrected chi connectivity index (χ0v) is 37.8. The van der Waals surface area contributed by atoms with Crippen LogP contribution in [-0.2, 0) is 19.5 Å². The van der Waals surface area contributed by atoms with Crippen molar-refractivity contribution in [1.29, 1.82) is 0 Å². The number of hydrogen-bond donors (Lipinski definition) is 1. The molecule has 0 aliphatic heterocycles. The Balaban J connectivity index is 0.000000147. The molecule has 0 saturated heterocycles. The van der Waals surface area contributed by atoms with Gasteiger partial charge >= 0.3 is 19.5 Å². The fourth-order valence-electron chi connectivity index (χ4n) is 6.78. The third-order valence-corrected chi connectivity index (χ3v) is 13.1. The summed E-state index contributed by atoms with van der Waals surface area (Å²) in [6.07, 6.45) is 10.9. The molecule has 1 aromatic carbocycles. The Bertz CT molecular complexity index is 3000. The molecule has 0 spiro atoms. The molecule has 8 nitrogen and oxygen atoms in total. The number of fused-ring (bicyclic) bond motifs is 6.